The van der Waals surface area contributed by atoms with E-state index in [9.17, 15) is 0 Å². The zero-order valence-electron chi connectivity index (χ0n) is 14.0. The predicted octanol–water partition coefficient (Wildman–Crippen LogP) is 0.242. The maximum atomic E-state index is 5.58. The van der Waals surface area contributed by atoms with Gasteiger partial charge in [0.1, 0.15) is 0 Å². The van der Waals surface area contributed by atoms with E-state index in [0.717, 1.165) is 76.3 Å². The highest BCUT2D eigenvalue weighted by molar-refractivity contribution is 7.80. The number of hydrogen-bond donors (Lipinski definition) is 2. The van der Waals surface area contributed by atoms with Crippen molar-refractivity contribution in [2.45, 2.75) is 18.9 Å². The molecule has 3 heterocycles. The Balaban J connectivity index is 1.27. The molecule has 1 atom stereocenters. The molecule has 0 spiro atoms. The van der Waals surface area contributed by atoms with Crippen molar-refractivity contribution in [2.75, 3.05) is 57.3 Å². The van der Waals surface area contributed by atoms with Crippen molar-refractivity contribution in [2.24, 2.45) is 0 Å². The fraction of sp³-hybridized carbons (Fsp3) is 0.688. The van der Waals surface area contributed by atoms with Crippen LogP contribution >= 0.6 is 12.2 Å². The van der Waals surface area contributed by atoms with Gasteiger partial charge in [-0.25, -0.2) is 9.97 Å². The van der Waals surface area contributed by atoms with E-state index in [1.165, 1.54) is 0 Å². The average molecular weight is 350 g/mol. The van der Waals surface area contributed by atoms with Crippen LogP contribution in [0.2, 0.25) is 0 Å². The third-order valence-electron chi connectivity index (χ3n) is 4.44. The minimum atomic E-state index is 0.318. The predicted molar refractivity (Wildman–Crippen MR) is 98.3 cm³/mol. The third kappa shape index (κ3) is 5.25. The van der Waals surface area contributed by atoms with Crippen LogP contribution in [0.4, 0.5) is 5.95 Å². The molecule has 0 bridgehead atoms. The van der Waals surface area contributed by atoms with E-state index in [4.69, 9.17) is 17.0 Å². The molecule has 0 aliphatic carbocycles. The van der Waals surface area contributed by atoms with Crippen LogP contribution in [0.25, 0.3) is 0 Å². The lowest BCUT2D eigenvalue weighted by Gasteiger charge is -2.34. The molecule has 0 aromatic carbocycles. The lowest BCUT2D eigenvalue weighted by Crippen LogP contribution is -2.49. The summed E-state index contributed by atoms with van der Waals surface area (Å²) in [5.74, 6) is 0.829. The van der Waals surface area contributed by atoms with Gasteiger partial charge < -0.3 is 20.3 Å². The Morgan fingerprint density at radius 1 is 1.21 bits per heavy atom. The van der Waals surface area contributed by atoms with Gasteiger partial charge in [0.25, 0.3) is 0 Å². The van der Waals surface area contributed by atoms with Gasteiger partial charge in [-0.1, -0.05) is 0 Å². The molecule has 1 aromatic rings. The highest BCUT2D eigenvalue weighted by Gasteiger charge is 2.18. The number of thiocarbonyl (C=S) groups is 1. The van der Waals surface area contributed by atoms with Gasteiger partial charge in [0.05, 0.1) is 6.10 Å². The molecule has 2 aliphatic rings. The molecule has 24 heavy (non-hydrogen) atoms. The van der Waals surface area contributed by atoms with E-state index in [-0.39, 0.29) is 0 Å². The summed E-state index contributed by atoms with van der Waals surface area (Å²) in [6.07, 6.45) is 6.20. The first-order valence-electron chi connectivity index (χ1n) is 8.69. The Morgan fingerprint density at radius 3 is 2.71 bits per heavy atom. The fourth-order valence-corrected chi connectivity index (χ4v) is 3.21. The fourth-order valence-electron chi connectivity index (χ4n) is 3.03. The molecule has 8 heteroatoms. The maximum Gasteiger partial charge on any atom is 0.225 e. The van der Waals surface area contributed by atoms with E-state index < -0.39 is 0 Å². The van der Waals surface area contributed by atoms with E-state index >= 15 is 0 Å². The van der Waals surface area contributed by atoms with Crippen molar-refractivity contribution in [3.8, 4) is 0 Å². The topological polar surface area (TPSA) is 65.5 Å². The molecular formula is C16H26N6OS. The molecule has 3 rings (SSSR count). The van der Waals surface area contributed by atoms with Crippen molar-refractivity contribution in [1.82, 2.24) is 25.5 Å². The first-order chi connectivity index (χ1) is 11.8. The molecule has 2 fully saturated rings. The summed E-state index contributed by atoms with van der Waals surface area (Å²) in [5.41, 5.74) is 0. The van der Waals surface area contributed by atoms with Crippen LogP contribution in [0.15, 0.2) is 18.5 Å². The number of piperazine rings is 1. The SMILES string of the molecule is S=C(NCCN1CCN(c2ncccn2)CC1)NCC1CCCO1. The summed E-state index contributed by atoms with van der Waals surface area (Å²) in [5, 5.41) is 7.25. The Hall–Kier alpha value is -1.51. The Morgan fingerprint density at radius 2 is 2.00 bits per heavy atom. The smallest absolute Gasteiger partial charge is 0.225 e. The van der Waals surface area contributed by atoms with Crippen LogP contribution in [-0.4, -0.2) is 78.5 Å². The minimum absolute atomic E-state index is 0.318. The highest BCUT2D eigenvalue weighted by atomic mass is 32.1. The first-order valence-corrected chi connectivity index (χ1v) is 9.10. The highest BCUT2D eigenvalue weighted by Crippen LogP contribution is 2.10. The standard InChI is InChI=1S/C16H26N6OS/c24-16(20-13-14-3-1-12-23-14)19-6-7-21-8-10-22(11-9-21)15-17-4-2-5-18-15/h2,4-5,14H,1,3,6-13H2,(H2,19,20,24). The first kappa shape index (κ1) is 17.3. The molecule has 0 amide bonds. The van der Waals surface area contributed by atoms with Crippen molar-refractivity contribution in [3.63, 3.8) is 0 Å². The van der Waals surface area contributed by atoms with Gasteiger partial charge in [0.15, 0.2) is 5.11 Å². The van der Waals surface area contributed by atoms with Gasteiger partial charge in [-0.15, -0.1) is 0 Å². The van der Waals surface area contributed by atoms with Crippen LogP contribution in [0.3, 0.4) is 0 Å². The lowest BCUT2D eigenvalue weighted by molar-refractivity contribution is 0.114. The molecule has 2 saturated heterocycles. The summed E-state index contributed by atoms with van der Waals surface area (Å²) in [4.78, 5) is 13.3. The summed E-state index contributed by atoms with van der Waals surface area (Å²) in [7, 11) is 0. The molecule has 1 aromatic heterocycles. The van der Waals surface area contributed by atoms with Crippen LogP contribution in [0.5, 0.6) is 0 Å². The monoisotopic (exact) mass is 350 g/mol. The number of rotatable bonds is 6. The molecule has 0 radical (unpaired) electrons. The number of nitrogens with zero attached hydrogens (tertiary/aromatic N) is 4. The van der Waals surface area contributed by atoms with Gasteiger partial charge in [0.2, 0.25) is 5.95 Å². The lowest BCUT2D eigenvalue weighted by atomic mass is 10.2. The van der Waals surface area contributed by atoms with Gasteiger partial charge in [-0.3, -0.25) is 4.90 Å². The summed E-state index contributed by atoms with van der Waals surface area (Å²) in [6.45, 7) is 7.52. The Kier molecular flexibility index (Phi) is 6.57. The molecule has 2 aliphatic heterocycles. The summed E-state index contributed by atoms with van der Waals surface area (Å²) >= 11 is 5.32. The van der Waals surface area contributed by atoms with Gasteiger partial charge in [-0.2, -0.15) is 0 Å². The second kappa shape index (κ2) is 9.10. The van der Waals surface area contributed by atoms with Gasteiger partial charge in [0, 0.05) is 64.8 Å². The largest absolute Gasteiger partial charge is 0.376 e. The van der Waals surface area contributed by atoms with Crippen molar-refractivity contribution < 1.29 is 4.74 Å². The number of ether oxygens (including phenoxy) is 1. The van der Waals surface area contributed by atoms with E-state index in [1.54, 1.807) is 12.4 Å². The van der Waals surface area contributed by atoms with Crippen LogP contribution < -0.4 is 15.5 Å². The van der Waals surface area contributed by atoms with Crippen molar-refractivity contribution in [3.05, 3.63) is 18.5 Å². The Bertz CT molecular complexity index is 503. The summed E-state index contributed by atoms with van der Waals surface area (Å²) in [6, 6.07) is 1.85. The molecular weight excluding hydrogens is 324 g/mol. The van der Waals surface area contributed by atoms with E-state index in [2.05, 4.69) is 30.4 Å². The normalized spacial score (nSPS) is 21.7. The zero-order valence-corrected chi connectivity index (χ0v) is 14.8. The van der Waals surface area contributed by atoms with Gasteiger partial charge in [-0.05, 0) is 31.1 Å². The zero-order chi connectivity index (χ0) is 16.6. The average Bonchev–Trinajstić information content (AvgIpc) is 3.15. The maximum absolute atomic E-state index is 5.58. The van der Waals surface area contributed by atoms with Crippen molar-refractivity contribution in [1.29, 1.82) is 0 Å². The van der Waals surface area contributed by atoms with E-state index in [1.807, 2.05) is 6.07 Å². The van der Waals surface area contributed by atoms with Gasteiger partial charge >= 0.3 is 0 Å². The minimum Gasteiger partial charge on any atom is -0.376 e. The second-order valence-electron chi connectivity index (χ2n) is 6.15. The molecule has 2 N–H and O–H groups in total. The number of anilines is 1. The number of aromatic nitrogens is 2. The third-order valence-corrected chi connectivity index (χ3v) is 4.72. The van der Waals surface area contributed by atoms with Crippen LogP contribution in [0, 0.1) is 0 Å². The van der Waals surface area contributed by atoms with E-state index in [0.29, 0.717) is 6.10 Å². The van der Waals surface area contributed by atoms with Crippen LogP contribution in [-0.2, 0) is 4.74 Å². The molecule has 1 unspecified atom stereocenters. The molecule has 7 nitrogen and oxygen atoms in total. The second-order valence-corrected chi connectivity index (χ2v) is 6.56. The number of nitrogens with one attached hydrogen (secondary N) is 2. The number of hydrogen-bond acceptors (Lipinski definition) is 6. The van der Waals surface area contributed by atoms with Crippen LogP contribution in [0.1, 0.15) is 12.8 Å². The van der Waals surface area contributed by atoms with Crippen molar-refractivity contribution >= 4 is 23.3 Å². The summed E-state index contributed by atoms with van der Waals surface area (Å²) < 4.78 is 5.58. The Labute approximate surface area is 148 Å². The quantitative estimate of drug-likeness (QED) is 0.708. The molecule has 0 saturated carbocycles. The molecule has 132 valence electrons.